The lowest BCUT2D eigenvalue weighted by Crippen LogP contribution is -2.49. The zero-order valence-corrected chi connectivity index (χ0v) is 12.8. The van der Waals surface area contributed by atoms with Gasteiger partial charge in [-0.15, -0.1) is 0 Å². The summed E-state index contributed by atoms with van der Waals surface area (Å²) in [6, 6.07) is 0.742. The molecule has 4 heteroatoms. The molecule has 100 valence electrons. The predicted octanol–water partition coefficient (Wildman–Crippen LogP) is 3.45. The quantitative estimate of drug-likeness (QED) is 0.689. The Balaban J connectivity index is 1.65. The number of hydrogen-bond donors (Lipinski definition) is 0. The highest BCUT2D eigenvalue weighted by Crippen LogP contribution is 2.43. The van der Waals surface area contributed by atoms with Gasteiger partial charge in [0.15, 0.2) is 0 Å². The Morgan fingerprint density at radius 3 is 2.83 bits per heavy atom. The van der Waals surface area contributed by atoms with E-state index < -0.39 is 6.17 Å². The first-order chi connectivity index (χ1) is 8.56. The van der Waals surface area contributed by atoms with Gasteiger partial charge in [0, 0.05) is 12.0 Å². The second-order valence-electron chi connectivity index (χ2n) is 5.97. The molecule has 1 amide bonds. The molecule has 3 unspecified atom stereocenters. The molecule has 0 aromatic rings. The molecule has 0 radical (unpaired) electrons. The molecule has 18 heavy (non-hydrogen) atoms. The minimum Gasteiger partial charge on any atom is -0.333 e. The summed E-state index contributed by atoms with van der Waals surface area (Å²) in [4.78, 5) is 14.6. The van der Waals surface area contributed by atoms with Gasteiger partial charge in [0.2, 0.25) is 5.91 Å². The van der Waals surface area contributed by atoms with Gasteiger partial charge < -0.3 is 4.90 Å². The molecule has 0 aromatic heterocycles. The molecule has 2 fully saturated rings. The fourth-order valence-corrected chi connectivity index (χ4v) is 4.49. The average molecular weight is 363 g/mol. The molecule has 0 spiro atoms. The largest absolute Gasteiger partial charge is 0.333 e. The molecule has 2 aliphatic heterocycles. The van der Waals surface area contributed by atoms with Crippen molar-refractivity contribution in [3.63, 3.8) is 0 Å². The van der Waals surface area contributed by atoms with Crippen LogP contribution in [0.25, 0.3) is 0 Å². The molecule has 1 saturated heterocycles. The second-order valence-corrected chi connectivity index (χ2v) is 7.35. The monoisotopic (exact) mass is 363 g/mol. The Morgan fingerprint density at radius 2 is 2.22 bits per heavy atom. The minimum absolute atomic E-state index is 0.0976. The standard InChI is InChI=1S/C14H19FINO/c1-8(15)9-4-10(5-9)14(18)17-12-2-3-13(17)7-11(16)6-12/h6,8-10,12-13H,2-5,7H2,1H3/t8?,9-,10+,12?,13?. The third kappa shape index (κ3) is 2.10. The molecule has 3 atom stereocenters. The molecule has 3 rings (SSSR count). The number of fused-ring (bicyclic) bond motifs is 2. The number of rotatable bonds is 2. The normalized spacial score (nSPS) is 40.2. The van der Waals surface area contributed by atoms with Crippen LogP contribution in [0.1, 0.15) is 39.0 Å². The van der Waals surface area contributed by atoms with Crippen LogP contribution in [-0.4, -0.2) is 29.1 Å². The lowest BCUT2D eigenvalue weighted by molar-refractivity contribution is -0.143. The SMILES string of the molecule is CC(F)[C@H]1C[C@@H](C(=O)N2C3C=C(I)CC2CC3)C1. The first-order valence-electron chi connectivity index (χ1n) is 6.88. The Kier molecular flexibility index (Phi) is 3.41. The summed E-state index contributed by atoms with van der Waals surface area (Å²) in [7, 11) is 0. The third-order valence-corrected chi connectivity index (χ3v) is 5.58. The Morgan fingerprint density at radius 1 is 1.50 bits per heavy atom. The van der Waals surface area contributed by atoms with Crippen LogP contribution in [0.4, 0.5) is 4.39 Å². The summed E-state index contributed by atoms with van der Waals surface area (Å²) in [6.07, 6.45) is 6.27. The molecular weight excluding hydrogens is 344 g/mol. The molecular formula is C14H19FINO. The lowest BCUT2D eigenvalue weighted by Gasteiger charge is -2.41. The van der Waals surface area contributed by atoms with Crippen LogP contribution in [0, 0.1) is 11.8 Å². The molecule has 2 bridgehead atoms. The number of nitrogens with zero attached hydrogens (tertiary/aromatic N) is 1. The van der Waals surface area contributed by atoms with Gasteiger partial charge >= 0.3 is 0 Å². The molecule has 2 heterocycles. The van der Waals surface area contributed by atoms with Crippen molar-refractivity contribution in [3.05, 3.63) is 9.66 Å². The van der Waals surface area contributed by atoms with Crippen molar-refractivity contribution >= 4 is 28.5 Å². The molecule has 2 nitrogen and oxygen atoms in total. The van der Waals surface area contributed by atoms with Gasteiger partial charge in [0.1, 0.15) is 6.17 Å². The first-order valence-corrected chi connectivity index (χ1v) is 7.96. The highest BCUT2D eigenvalue weighted by molar-refractivity contribution is 14.1. The number of hydrogen-bond acceptors (Lipinski definition) is 1. The van der Waals surface area contributed by atoms with Crippen LogP contribution in [0.2, 0.25) is 0 Å². The summed E-state index contributed by atoms with van der Waals surface area (Å²) in [5, 5.41) is 0. The van der Waals surface area contributed by atoms with E-state index in [0.29, 0.717) is 18.0 Å². The van der Waals surface area contributed by atoms with Gasteiger partial charge in [-0.1, -0.05) is 6.08 Å². The number of halogens is 2. The van der Waals surface area contributed by atoms with Crippen LogP contribution >= 0.6 is 22.6 Å². The van der Waals surface area contributed by atoms with Gasteiger partial charge in [-0.25, -0.2) is 4.39 Å². The van der Waals surface area contributed by atoms with Gasteiger partial charge in [-0.05, 0) is 71.1 Å². The summed E-state index contributed by atoms with van der Waals surface area (Å²) < 4.78 is 14.5. The highest BCUT2D eigenvalue weighted by Gasteiger charge is 2.45. The second kappa shape index (κ2) is 4.76. The topological polar surface area (TPSA) is 20.3 Å². The molecule has 1 saturated carbocycles. The summed E-state index contributed by atoms with van der Waals surface area (Å²) in [6.45, 7) is 1.61. The van der Waals surface area contributed by atoms with Crippen molar-refractivity contribution in [3.8, 4) is 0 Å². The zero-order valence-electron chi connectivity index (χ0n) is 10.6. The van der Waals surface area contributed by atoms with Crippen molar-refractivity contribution < 1.29 is 9.18 Å². The van der Waals surface area contributed by atoms with Crippen LogP contribution in [0.3, 0.4) is 0 Å². The van der Waals surface area contributed by atoms with Gasteiger partial charge in [0.25, 0.3) is 0 Å². The summed E-state index contributed by atoms with van der Waals surface area (Å²) >= 11 is 2.39. The van der Waals surface area contributed by atoms with E-state index in [4.69, 9.17) is 0 Å². The summed E-state index contributed by atoms with van der Waals surface area (Å²) in [5.74, 6) is 0.511. The van der Waals surface area contributed by atoms with Crippen LogP contribution in [0.5, 0.6) is 0 Å². The van der Waals surface area contributed by atoms with Crippen LogP contribution in [-0.2, 0) is 4.79 Å². The molecule has 3 aliphatic rings. The van der Waals surface area contributed by atoms with E-state index in [9.17, 15) is 9.18 Å². The van der Waals surface area contributed by atoms with Gasteiger partial charge in [-0.3, -0.25) is 4.79 Å². The first kappa shape index (κ1) is 12.9. The maximum Gasteiger partial charge on any atom is 0.226 e. The number of carbonyl (C=O) groups is 1. The predicted molar refractivity (Wildman–Crippen MR) is 77.2 cm³/mol. The van der Waals surface area contributed by atoms with E-state index in [1.54, 1.807) is 6.92 Å². The van der Waals surface area contributed by atoms with Crippen molar-refractivity contribution in [2.45, 2.75) is 57.3 Å². The van der Waals surface area contributed by atoms with Crippen LogP contribution in [0.15, 0.2) is 9.66 Å². The minimum atomic E-state index is -0.757. The highest BCUT2D eigenvalue weighted by atomic mass is 127. The van der Waals surface area contributed by atoms with Crippen molar-refractivity contribution in [2.24, 2.45) is 11.8 Å². The smallest absolute Gasteiger partial charge is 0.226 e. The zero-order chi connectivity index (χ0) is 12.9. The Labute approximate surface area is 121 Å². The average Bonchev–Trinajstić information content (AvgIpc) is 2.48. The molecule has 0 N–H and O–H groups in total. The Bertz CT molecular complexity index is 389. The van der Waals surface area contributed by atoms with E-state index in [1.807, 2.05) is 0 Å². The number of alkyl halides is 1. The Hall–Kier alpha value is -0.130. The molecule has 0 aromatic carbocycles. The summed E-state index contributed by atoms with van der Waals surface area (Å²) in [5.41, 5.74) is 0. The van der Waals surface area contributed by atoms with E-state index >= 15 is 0 Å². The van der Waals surface area contributed by atoms with Crippen molar-refractivity contribution in [1.29, 1.82) is 0 Å². The van der Waals surface area contributed by atoms with E-state index in [1.165, 1.54) is 3.58 Å². The third-order valence-electron chi connectivity index (χ3n) is 4.78. The fourth-order valence-electron chi connectivity index (χ4n) is 3.57. The van der Waals surface area contributed by atoms with Crippen molar-refractivity contribution in [2.75, 3.05) is 0 Å². The van der Waals surface area contributed by atoms with Crippen LogP contribution < -0.4 is 0 Å². The number of amides is 1. The van der Waals surface area contributed by atoms with E-state index in [-0.39, 0.29) is 11.8 Å². The molecule has 1 aliphatic carbocycles. The van der Waals surface area contributed by atoms with Crippen molar-refractivity contribution in [1.82, 2.24) is 4.90 Å². The van der Waals surface area contributed by atoms with Gasteiger partial charge in [0.05, 0.1) is 6.04 Å². The fraction of sp³-hybridized carbons (Fsp3) is 0.786. The lowest BCUT2D eigenvalue weighted by atomic mass is 9.72. The van der Waals surface area contributed by atoms with E-state index in [0.717, 1.165) is 32.1 Å². The van der Waals surface area contributed by atoms with Gasteiger partial charge in [-0.2, -0.15) is 0 Å². The number of carbonyl (C=O) groups excluding carboxylic acids is 1. The maximum atomic E-state index is 13.1. The maximum absolute atomic E-state index is 13.1. The van der Waals surface area contributed by atoms with E-state index in [2.05, 4.69) is 33.6 Å².